The lowest BCUT2D eigenvalue weighted by molar-refractivity contribution is 0.101. The fourth-order valence-corrected chi connectivity index (χ4v) is 8.35. The van der Waals surface area contributed by atoms with Crippen molar-refractivity contribution in [1.29, 1.82) is 0 Å². The predicted molar refractivity (Wildman–Crippen MR) is 229 cm³/mol. The van der Waals surface area contributed by atoms with Gasteiger partial charge in [-0.25, -0.2) is 19.3 Å². The Kier molecular flexibility index (Phi) is 13.0. The molecule has 2 amide bonds. The number of aromatic nitrogens is 6. The third kappa shape index (κ3) is 9.54. The highest BCUT2D eigenvalue weighted by atomic mass is 35.5. The van der Waals surface area contributed by atoms with Gasteiger partial charge < -0.3 is 20.9 Å². The molecular formula is C41H44Cl4N10O2. The van der Waals surface area contributed by atoms with Gasteiger partial charge in [-0.05, 0) is 133 Å². The summed E-state index contributed by atoms with van der Waals surface area (Å²) in [4.78, 5) is 36.8. The molecule has 298 valence electrons. The number of aryl methyl sites for hydroxylation is 2. The van der Waals surface area contributed by atoms with Gasteiger partial charge in [0.1, 0.15) is 0 Å². The number of nitrogens with zero attached hydrogens (tertiary/aromatic N) is 7. The van der Waals surface area contributed by atoms with Crippen LogP contribution in [0.3, 0.4) is 0 Å². The van der Waals surface area contributed by atoms with Crippen LogP contribution in [0.1, 0.15) is 57.8 Å². The van der Waals surface area contributed by atoms with E-state index in [-0.39, 0.29) is 11.8 Å². The van der Waals surface area contributed by atoms with Crippen molar-refractivity contribution in [2.45, 2.75) is 52.6 Å². The second-order valence-corrected chi connectivity index (χ2v) is 16.4. The Morgan fingerprint density at radius 3 is 1.49 bits per heavy atom. The summed E-state index contributed by atoms with van der Waals surface area (Å²) in [5, 5.41) is 21.8. The Bertz CT molecular complexity index is 2380. The number of hydrogen-bond acceptors (Lipinski definition) is 8. The molecule has 8 rings (SSSR count). The molecule has 2 saturated heterocycles. The van der Waals surface area contributed by atoms with Crippen LogP contribution in [-0.4, -0.2) is 79.5 Å². The van der Waals surface area contributed by atoms with E-state index in [1.54, 1.807) is 48.5 Å². The van der Waals surface area contributed by atoms with Crippen molar-refractivity contribution in [3.8, 4) is 0 Å². The normalized spacial score (nSPS) is 15.4. The Morgan fingerprint density at radius 2 is 1.07 bits per heavy atom. The second kappa shape index (κ2) is 18.1. The molecule has 0 spiro atoms. The van der Waals surface area contributed by atoms with Crippen LogP contribution in [0.15, 0.2) is 60.9 Å². The lowest BCUT2D eigenvalue weighted by Crippen LogP contribution is -2.32. The van der Waals surface area contributed by atoms with Gasteiger partial charge in [0.25, 0.3) is 11.8 Å². The topological polar surface area (TPSA) is 135 Å². The number of benzene rings is 2. The van der Waals surface area contributed by atoms with E-state index in [2.05, 4.69) is 48.1 Å². The summed E-state index contributed by atoms with van der Waals surface area (Å²) in [6.45, 7) is 9.71. The largest absolute Gasteiger partial charge is 0.322 e. The van der Waals surface area contributed by atoms with E-state index >= 15 is 0 Å². The predicted octanol–water partition coefficient (Wildman–Crippen LogP) is 8.94. The Labute approximate surface area is 351 Å². The van der Waals surface area contributed by atoms with E-state index < -0.39 is 0 Å². The number of nitrogens with one attached hydrogen (secondary N) is 3. The minimum Gasteiger partial charge on any atom is -0.322 e. The molecule has 6 aromatic rings. The SMILES string of the molecule is Cc1nn(CC2CCN(C)CC2)c2ncc(C(=O)Nc3ccc(Cl)cc3)c(Cl)c12.Cc1nn(CC2CCNCC2)c2ncc(C(=O)Nc3ccc(Cl)cc3)c(Cl)c12. The summed E-state index contributed by atoms with van der Waals surface area (Å²) in [5.41, 5.74) is 4.96. The molecule has 2 aliphatic heterocycles. The third-order valence-corrected chi connectivity index (χ3v) is 11.9. The van der Waals surface area contributed by atoms with E-state index in [0.717, 1.165) is 98.4 Å². The number of hydrogen-bond donors (Lipinski definition) is 3. The van der Waals surface area contributed by atoms with Crippen LogP contribution in [0.4, 0.5) is 11.4 Å². The number of pyridine rings is 2. The zero-order valence-electron chi connectivity index (χ0n) is 32.0. The Hall–Kier alpha value is -4.30. The smallest absolute Gasteiger partial charge is 0.258 e. The third-order valence-electron chi connectivity index (χ3n) is 10.6. The molecule has 6 heterocycles. The van der Waals surface area contributed by atoms with Crippen molar-refractivity contribution in [2.75, 3.05) is 43.9 Å². The first-order valence-electron chi connectivity index (χ1n) is 19.0. The monoisotopic (exact) mass is 848 g/mol. The van der Waals surface area contributed by atoms with Crippen LogP contribution >= 0.6 is 46.4 Å². The molecule has 12 nitrogen and oxygen atoms in total. The number of halogens is 4. The van der Waals surface area contributed by atoms with Crippen molar-refractivity contribution in [3.05, 3.63) is 104 Å². The average Bonchev–Trinajstić information content (AvgIpc) is 3.70. The summed E-state index contributed by atoms with van der Waals surface area (Å²) in [6.07, 6.45) is 7.59. The van der Waals surface area contributed by atoms with Gasteiger partial charge in [0.15, 0.2) is 11.3 Å². The van der Waals surface area contributed by atoms with Crippen LogP contribution in [-0.2, 0) is 13.1 Å². The fourth-order valence-electron chi connectivity index (χ4n) is 7.38. The summed E-state index contributed by atoms with van der Waals surface area (Å²) >= 11 is 25.0. The van der Waals surface area contributed by atoms with Crippen LogP contribution in [0.25, 0.3) is 22.1 Å². The molecule has 0 atom stereocenters. The highest BCUT2D eigenvalue weighted by Crippen LogP contribution is 2.32. The van der Waals surface area contributed by atoms with Crippen molar-refractivity contribution in [3.63, 3.8) is 0 Å². The summed E-state index contributed by atoms with van der Waals surface area (Å²) in [6, 6.07) is 13.8. The number of likely N-dealkylation sites (tertiary alicyclic amines) is 1. The van der Waals surface area contributed by atoms with Crippen molar-refractivity contribution in [1.82, 2.24) is 39.7 Å². The standard InChI is InChI=1S/C21H23Cl2N5O.C20H21Cl2N5O/c1-13-18-19(23)17(21(29)25-16-5-3-15(22)4-6-16)11-24-20(18)28(26-13)12-14-7-9-27(2)10-8-14;1-12-17-18(22)16(20(28)25-15-4-2-14(21)3-5-15)10-24-19(17)27(26-12)11-13-6-8-23-9-7-13/h3-6,11,14H,7-10,12H2,1-2H3,(H,25,29);2-5,10,13,23H,6-9,11H2,1H3,(H,25,28). The first-order valence-corrected chi connectivity index (χ1v) is 20.5. The van der Waals surface area contributed by atoms with Gasteiger partial charge in [0.05, 0.1) is 43.3 Å². The molecule has 4 aromatic heterocycles. The van der Waals surface area contributed by atoms with Crippen molar-refractivity contribution >= 4 is 91.7 Å². The van der Waals surface area contributed by atoms with Crippen LogP contribution < -0.4 is 16.0 Å². The maximum absolute atomic E-state index is 12.7. The zero-order valence-corrected chi connectivity index (χ0v) is 35.0. The van der Waals surface area contributed by atoms with E-state index in [4.69, 9.17) is 46.4 Å². The first-order chi connectivity index (χ1) is 27.4. The number of piperidine rings is 2. The fraction of sp³-hybridized carbons (Fsp3) is 0.366. The molecule has 2 aromatic carbocycles. The maximum atomic E-state index is 12.7. The number of carbonyl (C=O) groups excluding carboxylic acids is 2. The molecular weight excluding hydrogens is 806 g/mol. The molecule has 57 heavy (non-hydrogen) atoms. The van der Waals surface area contributed by atoms with Crippen LogP contribution in [0.5, 0.6) is 0 Å². The van der Waals surface area contributed by atoms with Crippen molar-refractivity contribution < 1.29 is 9.59 Å². The Balaban J connectivity index is 0.000000174. The second-order valence-electron chi connectivity index (χ2n) is 14.8. The molecule has 0 aliphatic carbocycles. The molecule has 0 bridgehead atoms. The highest BCUT2D eigenvalue weighted by molar-refractivity contribution is 6.39. The van der Waals surface area contributed by atoms with Gasteiger partial charge in [-0.3, -0.25) is 9.59 Å². The van der Waals surface area contributed by atoms with Gasteiger partial charge in [-0.1, -0.05) is 46.4 Å². The van der Waals surface area contributed by atoms with E-state index in [1.807, 2.05) is 23.2 Å². The quantitative estimate of drug-likeness (QED) is 0.138. The van der Waals surface area contributed by atoms with E-state index in [9.17, 15) is 9.59 Å². The Morgan fingerprint density at radius 1 is 0.667 bits per heavy atom. The van der Waals surface area contributed by atoms with E-state index in [0.29, 0.717) is 54.4 Å². The molecule has 0 unspecified atom stereocenters. The molecule has 16 heteroatoms. The number of anilines is 2. The number of fused-ring (bicyclic) bond motifs is 2. The lowest BCUT2D eigenvalue weighted by atomic mass is 9.97. The number of amides is 2. The number of rotatable bonds is 8. The highest BCUT2D eigenvalue weighted by Gasteiger charge is 2.24. The van der Waals surface area contributed by atoms with E-state index in [1.165, 1.54) is 12.4 Å². The van der Waals surface area contributed by atoms with Crippen LogP contribution in [0.2, 0.25) is 20.1 Å². The maximum Gasteiger partial charge on any atom is 0.258 e. The molecule has 2 fully saturated rings. The zero-order chi connectivity index (χ0) is 40.2. The van der Waals surface area contributed by atoms with Gasteiger partial charge >= 0.3 is 0 Å². The van der Waals surface area contributed by atoms with Crippen molar-refractivity contribution in [2.24, 2.45) is 11.8 Å². The molecule has 0 saturated carbocycles. The lowest BCUT2D eigenvalue weighted by Gasteiger charge is -2.28. The molecule has 2 aliphatic rings. The summed E-state index contributed by atoms with van der Waals surface area (Å²) < 4.78 is 3.86. The van der Waals surface area contributed by atoms with Gasteiger partial charge in [0.2, 0.25) is 0 Å². The average molecular weight is 851 g/mol. The van der Waals surface area contributed by atoms with Gasteiger partial charge in [-0.15, -0.1) is 0 Å². The molecule has 3 N–H and O–H groups in total. The number of carbonyl (C=O) groups is 2. The first kappa shape index (κ1) is 40.9. The summed E-state index contributed by atoms with van der Waals surface area (Å²) in [7, 11) is 2.15. The van der Waals surface area contributed by atoms with Gasteiger partial charge in [0, 0.05) is 46.9 Å². The minimum absolute atomic E-state index is 0.311. The molecule has 0 radical (unpaired) electrons. The summed E-state index contributed by atoms with van der Waals surface area (Å²) in [5.74, 6) is 0.515. The minimum atomic E-state index is -0.313. The van der Waals surface area contributed by atoms with Crippen LogP contribution in [0, 0.1) is 25.7 Å². The van der Waals surface area contributed by atoms with Gasteiger partial charge in [-0.2, -0.15) is 10.2 Å².